The zero-order chi connectivity index (χ0) is 12.5. The Labute approximate surface area is 114 Å². The second-order valence-corrected chi connectivity index (χ2v) is 6.12. The highest BCUT2D eigenvalue weighted by atomic mass is 35.5. The number of hydrogen-bond acceptors (Lipinski definition) is 2. The van der Waals surface area contributed by atoms with Gasteiger partial charge >= 0.3 is 0 Å². The van der Waals surface area contributed by atoms with Crippen LogP contribution < -0.4 is 10.1 Å². The van der Waals surface area contributed by atoms with Crippen molar-refractivity contribution < 1.29 is 4.74 Å². The molecule has 1 aromatic rings. The topological polar surface area (TPSA) is 21.3 Å². The molecular weight excluding hydrogens is 246 g/mol. The Morgan fingerprint density at radius 1 is 1.44 bits per heavy atom. The highest BCUT2D eigenvalue weighted by Gasteiger charge is 2.26. The monoisotopic (exact) mass is 265 g/mol. The van der Waals surface area contributed by atoms with Crippen LogP contribution in [0.15, 0.2) is 18.2 Å². The summed E-state index contributed by atoms with van der Waals surface area (Å²) in [6, 6.07) is 6.50. The number of rotatable bonds is 5. The maximum atomic E-state index is 5.99. The molecule has 1 fully saturated rings. The van der Waals surface area contributed by atoms with E-state index in [0.717, 1.165) is 29.7 Å². The van der Waals surface area contributed by atoms with Gasteiger partial charge in [0.15, 0.2) is 0 Å². The van der Waals surface area contributed by atoms with Gasteiger partial charge in [-0.2, -0.15) is 0 Å². The lowest BCUT2D eigenvalue weighted by Crippen LogP contribution is -2.36. The molecule has 1 heterocycles. The van der Waals surface area contributed by atoms with E-state index in [-0.39, 0.29) is 6.10 Å². The molecule has 2 aliphatic rings. The van der Waals surface area contributed by atoms with Gasteiger partial charge in [0.25, 0.3) is 0 Å². The third kappa shape index (κ3) is 2.99. The van der Waals surface area contributed by atoms with Gasteiger partial charge in [-0.3, -0.25) is 0 Å². The first-order valence-electron chi connectivity index (χ1n) is 6.89. The van der Waals surface area contributed by atoms with E-state index in [1.165, 1.54) is 24.8 Å². The average molecular weight is 266 g/mol. The van der Waals surface area contributed by atoms with Crippen LogP contribution >= 0.6 is 11.6 Å². The third-order valence-electron chi connectivity index (χ3n) is 3.84. The lowest BCUT2D eigenvalue weighted by molar-refractivity contribution is 0.220. The number of benzene rings is 1. The van der Waals surface area contributed by atoms with Crippen LogP contribution in [-0.2, 0) is 6.42 Å². The Morgan fingerprint density at radius 3 is 3.06 bits per heavy atom. The highest BCUT2D eigenvalue weighted by Crippen LogP contribution is 2.34. The third-order valence-corrected chi connectivity index (χ3v) is 4.08. The van der Waals surface area contributed by atoms with Crippen molar-refractivity contribution in [2.45, 2.75) is 44.8 Å². The Hall–Kier alpha value is -0.730. The van der Waals surface area contributed by atoms with Crippen LogP contribution in [0.1, 0.15) is 31.7 Å². The Balaban J connectivity index is 1.48. The smallest absolute Gasteiger partial charge is 0.123 e. The van der Waals surface area contributed by atoms with Crippen LogP contribution in [0.5, 0.6) is 5.75 Å². The van der Waals surface area contributed by atoms with E-state index >= 15 is 0 Å². The van der Waals surface area contributed by atoms with E-state index in [9.17, 15) is 0 Å². The van der Waals surface area contributed by atoms with Crippen molar-refractivity contribution in [3.05, 3.63) is 28.8 Å². The summed E-state index contributed by atoms with van der Waals surface area (Å²) in [5, 5.41) is 4.39. The molecule has 2 unspecified atom stereocenters. The molecule has 1 aromatic carbocycles. The van der Waals surface area contributed by atoms with Gasteiger partial charge in [-0.15, -0.1) is 0 Å². The van der Waals surface area contributed by atoms with Crippen molar-refractivity contribution in [2.75, 3.05) is 6.54 Å². The molecule has 1 saturated carbocycles. The fraction of sp³-hybridized carbons (Fsp3) is 0.600. The fourth-order valence-corrected chi connectivity index (χ4v) is 2.87. The van der Waals surface area contributed by atoms with Crippen molar-refractivity contribution in [2.24, 2.45) is 5.92 Å². The molecule has 0 saturated heterocycles. The molecule has 3 rings (SSSR count). The predicted octanol–water partition coefficient (Wildman–Crippen LogP) is 3.42. The average Bonchev–Trinajstić information content (AvgIpc) is 3.04. The lowest BCUT2D eigenvalue weighted by Gasteiger charge is -2.17. The summed E-state index contributed by atoms with van der Waals surface area (Å²) in [5.41, 5.74) is 1.24. The predicted molar refractivity (Wildman–Crippen MR) is 74.4 cm³/mol. The first kappa shape index (κ1) is 12.3. The molecule has 2 nitrogen and oxygen atoms in total. The number of hydrogen-bond donors (Lipinski definition) is 1. The van der Waals surface area contributed by atoms with Gasteiger partial charge in [0.1, 0.15) is 11.9 Å². The zero-order valence-electron chi connectivity index (χ0n) is 10.8. The number of nitrogens with one attached hydrogen (secondary N) is 1. The minimum atomic E-state index is 0.264. The molecule has 2 atom stereocenters. The second kappa shape index (κ2) is 5.10. The molecule has 0 aromatic heterocycles. The van der Waals surface area contributed by atoms with Gasteiger partial charge in [0, 0.05) is 24.0 Å². The van der Waals surface area contributed by atoms with Crippen molar-refractivity contribution in [3.8, 4) is 5.75 Å². The van der Waals surface area contributed by atoms with Gasteiger partial charge in [0.2, 0.25) is 0 Å². The van der Waals surface area contributed by atoms with Crippen molar-refractivity contribution >= 4 is 11.6 Å². The quantitative estimate of drug-likeness (QED) is 0.881. The van der Waals surface area contributed by atoms with Gasteiger partial charge in [0.05, 0.1) is 0 Å². The molecule has 18 heavy (non-hydrogen) atoms. The van der Waals surface area contributed by atoms with E-state index in [1.54, 1.807) is 0 Å². The summed E-state index contributed by atoms with van der Waals surface area (Å²) in [6.45, 7) is 3.21. The van der Waals surface area contributed by atoms with Gasteiger partial charge in [-0.05, 0) is 43.0 Å². The zero-order valence-corrected chi connectivity index (χ0v) is 11.5. The number of halogens is 1. The van der Waals surface area contributed by atoms with Gasteiger partial charge in [-0.1, -0.05) is 24.4 Å². The van der Waals surface area contributed by atoms with E-state index < -0.39 is 0 Å². The maximum Gasteiger partial charge on any atom is 0.123 e. The maximum absolute atomic E-state index is 5.99. The Bertz CT molecular complexity index is 431. The minimum absolute atomic E-state index is 0.264. The van der Waals surface area contributed by atoms with E-state index in [2.05, 4.69) is 12.2 Å². The molecule has 1 aliphatic heterocycles. The van der Waals surface area contributed by atoms with Gasteiger partial charge in [-0.25, -0.2) is 0 Å². The summed E-state index contributed by atoms with van der Waals surface area (Å²) >= 11 is 5.99. The summed E-state index contributed by atoms with van der Waals surface area (Å²) < 4.78 is 5.91. The van der Waals surface area contributed by atoms with Crippen LogP contribution in [0.2, 0.25) is 5.02 Å². The molecule has 98 valence electrons. The largest absolute Gasteiger partial charge is 0.488 e. The van der Waals surface area contributed by atoms with Crippen LogP contribution in [0, 0.1) is 5.92 Å². The summed E-state index contributed by atoms with van der Waals surface area (Å²) in [6.07, 6.45) is 5.40. The van der Waals surface area contributed by atoms with Crippen LogP contribution in [0.3, 0.4) is 0 Å². The Morgan fingerprint density at radius 2 is 2.28 bits per heavy atom. The molecule has 0 spiro atoms. The first-order valence-corrected chi connectivity index (χ1v) is 7.27. The van der Waals surface area contributed by atoms with E-state index in [4.69, 9.17) is 16.3 Å². The first-order chi connectivity index (χ1) is 8.70. The normalized spacial score (nSPS) is 23.6. The molecule has 0 bridgehead atoms. The highest BCUT2D eigenvalue weighted by molar-refractivity contribution is 6.30. The summed E-state index contributed by atoms with van der Waals surface area (Å²) in [4.78, 5) is 0. The fourth-order valence-electron chi connectivity index (χ4n) is 2.67. The number of fused-ring (bicyclic) bond motifs is 1. The molecule has 0 amide bonds. The standard InChI is InChI=1S/C15H20ClNO/c1-10(6-11-2-3-11)17-9-14-8-12-7-13(16)4-5-15(12)18-14/h4-5,7,10-11,14,17H,2-3,6,8-9H2,1H3. The molecular formula is C15H20ClNO. The van der Waals surface area contributed by atoms with Crippen LogP contribution in [0.25, 0.3) is 0 Å². The second-order valence-electron chi connectivity index (χ2n) is 5.68. The van der Waals surface area contributed by atoms with Crippen LogP contribution in [-0.4, -0.2) is 18.7 Å². The van der Waals surface area contributed by atoms with E-state index in [0.29, 0.717) is 6.04 Å². The molecule has 0 radical (unpaired) electrons. The minimum Gasteiger partial charge on any atom is -0.488 e. The summed E-state index contributed by atoms with van der Waals surface area (Å²) in [7, 11) is 0. The van der Waals surface area contributed by atoms with Crippen molar-refractivity contribution in [1.82, 2.24) is 5.32 Å². The summed E-state index contributed by atoms with van der Waals surface area (Å²) in [5.74, 6) is 1.98. The molecule has 1 N–H and O–H groups in total. The molecule has 3 heteroatoms. The van der Waals surface area contributed by atoms with Crippen molar-refractivity contribution in [1.29, 1.82) is 0 Å². The van der Waals surface area contributed by atoms with Crippen LogP contribution in [0.4, 0.5) is 0 Å². The number of ether oxygens (including phenoxy) is 1. The van der Waals surface area contributed by atoms with Gasteiger partial charge < -0.3 is 10.1 Å². The van der Waals surface area contributed by atoms with E-state index in [1.807, 2.05) is 18.2 Å². The molecule has 1 aliphatic carbocycles. The Kier molecular flexibility index (Phi) is 3.49. The SMILES string of the molecule is CC(CC1CC1)NCC1Cc2cc(Cl)ccc2O1. The lowest BCUT2D eigenvalue weighted by atomic mass is 10.1. The van der Waals surface area contributed by atoms with Crippen molar-refractivity contribution in [3.63, 3.8) is 0 Å².